The summed E-state index contributed by atoms with van der Waals surface area (Å²) in [6, 6.07) is 13.6. The Hall–Kier alpha value is -2.40. The number of thiophene rings is 1. The Morgan fingerprint density at radius 3 is 2.23 bits per heavy atom. The molecule has 186 valence electrons. The second-order valence-corrected chi connectivity index (χ2v) is 11.9. The molecule has 1 saturated heterocycles. The van der Waals surface area contributed by atoms with Crippen LogP contribution in [0, 0.1) is 0 Å². The molecule has 35 heavy (non-hydrogen) atoms. The van der Waals surface area contributed by atoms with Gasteiger partial charge in [-0.15, -0.1) is 11.3 Å². The number of benzene rings is 2. The van der Waals surface area contributed by atoms with Gasteiger partial charge in [0.05, 0.1) is 15.9 Å². The molecule has 3 aromatic rings. The minimum Gasteiger partial charge on any atom is -0.457 e. The number of sulfonamides is 1. The molecule has 11 heteroatoms. The molecule has 0 amide bonds. The van der Waals surface area contributed by atoms with Crippen LogP contribution in [0.15, 0.2) is 64.9 Å². The van der Waals surface area contributed by atoms with Crippen molar-refractivity contribution >= 4 is 38.7 Å². The molecule has 0 aliphatic carbocycles. The van der Waals surface area contributed by atoms with Gasteiger partial charge in [0.1, 0.15) is 15.7 Å². The second kappa shape index (κ2) is 10.3. The van der Waals surface area contributed by atoms with E-state index >= 15 is 0 Å². The Labute approximate surface area is 210 Å². The SMILES string of the molecule is O=C(CCc1ccc(Oc2ccc(C(F)(F)F)cc2)cc1)[C@@H]1CCCN1S(=O)(=O)c1ccc(Cl)s1. The fraction of sp³-hybridized carbons (Fsp3) is 0.292. The molecule has 0 spiro atoms. The third kappa shape index (κ3) is 6.06. The number of nitrogens with zero attached hydrogens (tertiary/aromatic N) is 1. The van der Waals surface area contributed by atoms with Gasteiger partial charge >= 0.3 is 6.18 Å². The van der Waals surface area contributed by atoms with Crippen LogP contribution in [0.3, 0.4) is 0 Å². The van der Waals surface area contributed by atoms with Crippen molar-refractivity contribution in [1.82, 2.24) is 4.31 Å². The maximum atomic E-state index is 12.9. The molecule has 5 nitrogen and oxygen atoms in total. The molecule has 0 radical (unpaired) electrons. The fourth-order valence-corrected chi connectivity index (χ4v) is 7.20. The standard InChI is InChI=1S/C24H21ClF3NO4S2/c25-22-13-14-23(34-22)35(31,32)29-15-1-2-20(29)21(30)12-5-16-3-8-18(9-4-16)33-19-10-6-17(7-11-19)24(26,27)28/h3-4,6-11,13-14,20H,1-2,5,12,15H2/t20-/m0/s1. The lowest BCUT2D eigenvalue weighted by atomic mass is 10.0. The first-order chi connectivity index (χ1) is 16.5. The zero-order chi connectivity index (χ0) is 25.2. The van der Waals surface area contributed by atoms with Gasteiger partial charge in [-0.05, 0) is 73.4 Å². The summed E-state index contributed by atoms with van der Waals surface area (Å²) in [6.07, 6.45) is -2.70. The minimum atomic E-state index is -4.41. The third-order valence-corrected chi connectivity index (χ3v) is 9.29. The number of rotatable bonds is 8. The van der Waals surface area contributed by atoms with E-state index in [9.17, 15) is 26.4 Å². The maximum Gasteiger partial charge on any atom is 0.416 e. The largest absolute Gasteiger partial charge is 0.457 e. The van der Waals surface area contributed by atoms with Crippen LogP contribution in [0.1, 0.15) is 30.4 Å². The number of Topliss-reactive ketones (excluding diaryl/α,β-unsaturated/α-hetero) is 1. The topological polar surface area (TPSA) is 63.7 Å². The molecular weight excluding hydrogens is 523 g/mol. The summed E-state index contributed by atoms with van der Waals surface area (Å²) in [5, 5.41) is 0. The van der Waals surface area contributed by atoms with Gasteiger partial charge in [0, 0.05) is 13.0 Å². The molecule has 1 aliphatic heterocycles. The molecule has 1 atom stereocenters. The zero-order valence-electron chi connectivity index (χ0n) is 18.3. The Morgan fingerprint density at radius 2 is 1.66 bits per heavy atom. The highest BCUT2D eigenvalue weighted by Gasteiger charge is 2.39. The average Bonchev–Trinajstić information content (AvgIpc) is 3.48. The second-order valence-electron chi connectivity index (χ2n) is 8.07. The van der Waals surface area contributed by atoms with E-state index in [2.05, 4.69) is 0 Å². The van der Waals surface area contributed by atoms with E-state index in [4.69, 9.17) is 16.3 Å². The molecule has 4 rings (SSSR count). The van der Waals surface area contributed by atoms with Crippen LogP contribution in [0.2, 0.25) is 4.34 Å². The number of carbonyl (C=O) groups is 1. The van der Waals surface area contributed by atoms with Gasteiger partial charge in [0.2, 0.25) is 0 Å². The van der Waals surface area contributed by atoms with Crippen molar-refractivity contribution in [2.24, 2.45) is 0 Å². The molecular formula is C24H21ClF3NO4S2. The van der Waals surface area contributed by atoms with Crippen molar-refractivity contribution < 1.29 is 31.1 Å². The molecule has 2 aromatic carbocycles. The first-order valence-corrected chi connectivity index (χ1v) is 13.4. The van der Waals surface area contributed by atoms with Crippen LogP contribution in [-0.4, -0.2) is 31.1 Å². The highest BCUT2D eigenvalue weighted by atomic mass is 35.5. The predicted octanol–water partition coefficient (Wildman–Crippen LogP) is 6.57. The monoisotopic (exact) mass is 543 g/mol. The highest BCUT2D eigenvalue weighted by molar-refractivity contribution is 7.91. The van der Waals surface area contributed by atoms with Gasteiger partial charge in [-0.2, -0.15) is 17.5 Å². The van der Waals surface area contributed by atoms with Gasteiger partial charge < -0.3 is 4.74 Å². The van der Waals surface area contributed by atoms with E-state index in [0.29, 0.717) is 35.9 Å². The number of aryl methyl sites for hydroxylation is 1. The Balaban J connectivity index is 1.34. The Bertz CT molecular complexity index is 1290. The van der Waals surface area contributed by atoms with E-state index in [0.717, 1.165) is 29.0 Å². The van der Waals surface area contributed by atoms with Crippen LogP contribution in [0.25, 0.3) is 0 Å². The van der Waals surface area contributed by atoms with Crippen molar-refractivity contribution in [2.45, 2.75) is 42.1 Å². The summed E-state index contributed by atoms with van der Waals surface area (Å²) in [6.45, 7) is 0.296. The number of carbonyl (C=O) groups excluding carboxylic acids is 1. The number of ketones is 1. The van der Waals surface area contributed by atoms with Gasteiger partial charge in [-0.1, -0.05) is 23.7 Å². The number of ether oxygens (including phenoxy) is 1. The average molecular weight is 544 g/mol. The molecule has 2 heterocycles. The van der Waals surface area contributed by atoms with E-state index in [1.165, 1.54) is 28.6 Å². The summed E-state index contributed by atoms with van der Waals surface area (Å²) in [7, 11) is -3.77. The van der Waals surface area contributed by atoms with Crippen molar-refractivity contribution in [2.75, 3.05) is 6.54 Å². The van der Waals surface area contributed by atoms with Crippen LogP contribution in [0.4, 0.5) is 13.2 Å². The summed E-state index contributed by atoms with van der Waals surface area (Å²) < 4.78 is 71.3. The molecule has 1 aromatic heterocycles. The first kappa shape index (κ1) is 25.7. The quantitative estimate of drug-likeness (QED) is 0.322. The number of hydrogen-bond donors (Lipinski definition) is 0. The lowest BCUT2D eigenvalue weighted by molar-refractivity contribution is -0.137. The summed E-state index contributed by atoms with van der Waals surface area (Å²) in [5.41, 5.74) is 0.105. The summed E-state index contributed by atoms with van der Waals surface area (Å²) >= 11 is 6.86. The maximum absolute atomic E-state index is 12.9. The van der Waals surface area contributed by atoms with Gasteiger partial charge in [0.25, 0.3) is 10.0 Å². The smallest absolute Gasteiger partial charge is 0.416 e. The van der Waals surface area contributed by atoms with Crippen LogP contribution in [0.5, 0.6) is 11.5 Å². The van der Waals surface area contributed by atoms with E-state index in [1.54, 1.807) is 24.3 Å². The van der Waals surface area contributed by atoms with Crippen molar-refractivity contribution in [3.05, 3.63) is 76.1 Å². The van der Waals surface area contributed by atoms with Gasteiger partial charge in [0.15, 0.2) is 5.78 Å². The number of alkyl halides is 3. The number of halogens is 4. The Morgan fingerprint density at radius 1 is 1.03 bits per heavy atom. The van der Waals surface area contributed by atoms with Gasteiger partial charge in [-0.3, -0.25) is 4.79 Å². The predicted molar refractivity (Wildman–Crippen MR) is 128 cm³/mol. The molecule has 1 fully saturated rings. The van der Waals surface area contributed by atoms with Crippen molar-refractivity contribution in [3.63, 3.8) is 0 Å². The summed E-state index contributed by atoms with van der Waals surface area (Å²) in [5.74, 6) is 0.580. The van der Waals surface area contributed by atoms with Gasteiger partial charge in [-0.25, -0.2) is 8.42 Å². The van der Waals surface area contributed by atoms with E-state index in [-0.39, 0.29) is 22.2 Å². The molecule has 0 saturated carbocycles. The van der Waals surface area contributed by atoms with Crippen molar-refractivity contribution in [1.29, 1.82) is 0 Å². The third-order valence-electron chi connectivity index (χ3n) is 5.69. The first-order valence-electron chi connectivity index (χ1n) is 10.8. The molecule has 0 bridgehead atoms. The van der Waals surface area contributed by atoms with E-state index in [1.807, 2.05) is 0 Å². The summed E-state index contributed by atoms with van der Waals surface area (Å²) in [4.78, 5) is 12.9. The van der Waals surface area contributed by atoms with Crippen LogP contribution in [-0.2, 0) is 27.4 Å². The molecule has 0 N–H and O–H groups in total. The van der Waals surface area contributed by atoms with Crippen molar-refractivity contribution in [3.8, 4) is 11.5 Å². The Kier molecular flexibility index (Phi) is 7.56. The zero-order valence-corrected chi connectivity index (χ0v) is 20.7. The normalized spacial score (nSPS) is 17.0. The highest BCUT2D eigenvalue weighted by Crippen LogP contribution is 2.33. The lowest BCUT2D eigenvalue weighted by Crippen LogP contribution is -2.40. The van der Waals surface area contributed by atoms with E-state index < -0.39 is 27.8 Å². The van der Waals surface area contributed by atoms with Crippen LogP contribution < -0.4 is 4.74 Å². The minimum absolute atomic E-state index is 0.130. The van der Waals surface area contributed by atoms with Crippen LogP contribution >= 0.6 is 22.9 Å². The number of hydrogen-bond acceptors (Lipinski definition) is 5. The molecule has 0 unspecified atom stereocenters. The lowest BCUT2D eigenvalue weighted by Gasteiger charge is -2.22. The fourth-order valence-electron chi connectivity index (χ4n) is 3.91. The molecule has 1 aliphatic rings.